The van der Waals surface area contributed by atoms with Gasteiger partial charge in [0, 0.05) is 18.8 Å². The van der Waals surface area contributed by atoms with E-state index in [1.807, 2.05) is 32.0 Å². The number of hydrogen-bond donors (Lipinski definition) is 2. The van der Waals surface area contributed by atoms with E-state index in [-0.39, 0.29) is 23.3 Å². The zero-order valence-corrected chi connectivity index (χ0v) is 19.2. The number of amides is 2. The van der Waals surface area contributed by atoms with E-state index in [9.17, 15) is 18.0 Å². The number of sulfonamides is 1. The van der Waals surface area contributed by atoms with Crippen LogP contribution in [0.15, 0.2) is 41.3 Å². The molecule has 1 saturated heterocycles. The summed E-state index contributed by atoms with van der Waals surface area (Å²) in [7, 11) is -3.83. The van der Waals surface area contributed by atoms with Crippen LogP contribution < -0.4 is 15.4 Å². The highest BCUT2D eigenvalue weighted by Crippen LogP contribution is 2.34. The van der Waals surface area contributed by atoms with Gasteiger partial charge in [-0.25, -0.2) is 8.42 Å². The van der Waals surface area contributed by atoms with Crippen molar-refractivity contribution in [3.8, 4) is 5.75 Å². The van der Waals surface area contributed by atoms with Crippen molar-refractivity contribution in [2.45, 2.75) is 44.6 Å². The summed E-state index contributed by atoms with van der Waals surface area (Å²) in [6, 6.07) is 10.1. The SMILES string of the molecule is Cc1cccc(NC(=O)[C@@H]2CCCN(S(=O)(=O)c3ccc4c(c3)NC(=O)[C@@H](C)O4)C2)c1C. The van der Waals surface area contributed by atoms with Crippen molar-refractivity contribution in [3.63, 3.8) is 0 Å². The minimum absolute atomic E-state index is 0.0605. The first-order valence-corrected chi connectivity index (χ1v) is 12.1. The predicted molar refractivity (Wildman–Crippen MR) is 121 cm³/mol. The van der Waals surface area contributed by atoms with Crippen LogP contribution in [-0.4, -0.2) is 43.7 Å². The molecule has 2 aromatic carbocycles. The van der Waals surface area contributed by atoms with Crippen molar-refractivity contribution in [2.75, 3.05) is 23.7 Å². The van der Waals surface area contributed by atoms with Crippen LogP contribution in [0.1, 0.15) is 30.9 Å². The topological polar surface area (TPSA) is 105 Å². The standard InChI is InChI=1S/C23H27N3O5S/c1-14-6-4-8-19(15(14)2)24-23(28)17-7-5-11-26(13-17)32(29,30)18-9-10-21-20(12-18)25-22(27)16(3)31-21/h4,6,8-10,12,16-17H,5,7,11,13H2,1-3H3,(H,24,28)(H,25,27)/t16-,17-/m1/s1. The van der Waals surface area contributed by atoms with E-state index < -0.39 is 22.0 Å². The Hall–Kier alpha value is -2.91. The smallest absolute Gasteiger partial charge is 0.265 e. The minimum atomic E-state index is -3.83. The van der Waals surface area contributed by atoms with Gasteiger partial charge in [0.05, 0.1) is 16.5 Å². The number of hydrogen-bond acceptors (Lipinski definition) is 5. The molecule has 0 unspecified atom stereocenters. The lowest BCUT2D eigenvalue weighted by Gasteiger charge is -2.32. The molecule has 2 N–H and O–H groups in total. The molecule has 4 rings (SSSR count). The largest absolute Gasteiger partial charge is 0.479 e. The number of carbonyl (C=O) groups excluding carboxylic acids is 2. The van der Waals surface area contributed by atoms with E-state index in [0.717, 1.165) is 16.8 Å². The molecule has 170 valence electrons. The lowest BCUT2D eigenvalue weighted by molar-refractivity contribution is -0.123. The number of ether oxygens (including phenoxy) is 1. The first-order valence-electron chi connectivity index (χ1n) is 10.7. The fraction of sp³-hybridized carbons (Fsp3) is 0.391. The molecule has 0 aliphatic carbocycles. The molecular weight excluding hydrogens is 430 g/mol. The Morgan fingerprint density at radius 3 is 2.78 bits per heavy atom. The molecule has 0 spiro atoms. The highest BCUT2D eigenvalue weighted by atomic mass is 32.2. The number of nitrogens with zero attached hydrogens (tertiary/aromatic N) is 1. The van der Waals surface area contributed by atoms with E-state index in [1.54, 1.807) is 13.0 Å². The number of benzene rings is 2. The molecule has 2 atom stereocenters. The summed E-state index contributed by atoms with van der Waals surface area (Å²) in [5.41, 5.74) is 3.15. The molecule has 2 heterocycles. The van der Waals surface area contributed by atoms with Crippen molar-refractivity contribution in [2.24, 2.45) is 5.92 Å². The van der Waals surface area contributed by atoms with Gasteiger partial charge in [0.1, 0.15) is 5.75 Å². The van der Waals surface area contributed by atoms with Gasteiger partial charge in [-0.2, -0.15) is 4.31 Å². The van der Waals surface area contributed by atoms with Crippen molar-refractivity contribution in [1.29, 1.82) is 0 Å². The van der Waals surface area contributed by atoms with Gasteiger partial charge in [-0.3, -0.25) is 9.59 Å². The van der Waals surface area contributed by atoms with Gasteiger partial charge in [-0.05, 0) is 69.0 Å². The Labute approximate surface area is 188 Å². The molecule has 2 amide bonds. The van der Waals surface area contributed by atoms with Crippen molar-refractivity contribution in [3.05, 3.63) is 47.5 Å². The van der Waals surface area contributed by atoms with Gasteiger partial charge in [0.15, 0.2) is 6.10 Å². The van der Waals surface area contributed by atoms with Crippen molar-refractivity contribution in [1.82, 2.24) is 4.31 Å². The highest BCUT2D eigenvalue weighted by Gasteiger charge is 2.34. The highest BCUT2D eigenvalue weighted by molar-refractivity contribution is 7.89. The van der Waals surface area contributed by atoms with Crippen LogP contribution in [0.2, 0.25) is 0 Å². The molecule has 2 aliphatic heterocycles. The monoisotopic (exact) mass is 457 g/mol. The molecule has 32 heavy (non-hydrogen) atoms. The number of nitrogens with one attached hydrogen (secondary N) is 2. The summed E-state index contributed by atoms with van der Waals surface area (Å²) in [4.78, 5) is 24.9. The molecule has 0 saturated carbocycles. The van der Waals surface area contributed by atoms with Crippen LogP contribution in [0, 0.1) is 19.8 Å². The third kappa shape index (κ3) is 4.22. The Kier molecular flexibility index (Phi) is 5.96. The Morgan fingerprint density at radius 2 is 2.00 bits per heavy atom. The van der Waals surface area contributed by atoms with Crippen LogP contribution >= 0.6 is 0 Å². The first kappa shape index (κ1) is 22.3. The molecule has 8 nitrogen and oxygen atoms in total. The van der Waals surface area contributed by atoms with Crippen LogP contribution in [0.3, 0.4) is 0 Å². The molecular formula is C23H27N3O5S. The predicted octanol–water partition coefficient (Wildman–Crippen LogP) is 3.06. The second-order valence-corrected chi connectivity index (χ2v) is 10.3. The van der Waals surface area contributed by atoms with E-state index >= 15 is 0 Å². The molecule has 0 aromatic heterocycles. The van der Waals surface area contributed by atoms with Gasteiger partial charge in [0.25, 0.3) is 5.91 Å². The van der Waals surface area contributed by atoms with Crippen LogP contribution in [0.25, 0.3) is 0 Å². The van der Waals surface area contributed by atoms with Crippen molar-refractivity contribution >= 4 is 33.2 Å². The number of piperidine rings is 1. The van der Waals surface area contributed by atoms with Gasteiger partial charge in [-0.15, -0.1) is 0 Å². The average molecular weight is 458 g/mol. The fourth-order valence-electron chi connectivity index (χ4n) is 3.99. The van der Waals surface area contributed by atoms with Gasteiger partial charge < -0.3 is 15.4 Å². The summed E-state index contributed by atoms with van der Waals surface area (Å²) < 4.78 is 33.4. The third-order valence-corrected chi connectivity index (χ3v) is 8.00. The molecule has 2 aromatic rings. The summed E-state index contributed by atoms with van der Waals surface area (Å²) in [6.07, 6.45) is 0.574. The minimum Gasteiger partial charge on any atom is -0.479 e. The zero-order valence-electron chi connectivity index (χ0n) is 18.3. The number of carbonyl (C=O) groups is 2. The summed E-state index contributed by atoms with van der Waals surface area (Å²) in [5.74, 6) is -0.521. The molecule has 9 heteroatoms. The van der Waals surface area contributed by atoms with E-state index in [1.165, 1.54) is 16.4 Å². The second-order valence-electron chi connectivity index (χ2n) is 8.35. The molecule has 1 fully saturated rings. The van der Waals surface area contributed by atoms with E-state index in [0.29, 0.717) is 30.8 Å². The lowest BCUT2D eigenvalue weighted by atomic mass is 9.98. The van der Waals surface area contributed by atoms with Crippen LogP contribution in [0.4, 0.5) is 11.4 Å². The molecule has 2 aliphatic rings. The van der Waals surface area contributed by atoms with E-state index in [2.05, 4.69) is 10.6 Å². The Morgan fingerprint density at radius 1 is 1.22 bits per heavy atom. The quantitative estimate of drug-likeness (QED) is 0.734. The number of anilines is 2. The molecule has 0 radical (unpaired) electrons. The maximum Gasteiger partial charge on any atom is 0.265 e. The Balaban J connectivity index is 1.51. The zero-order chi connectivity index (χ0) is 23.0. The Bertz CT molecular complexity index is 1180. The van der Waals surface area contributed by atoms with Gasteiger partial charge in [0.2, 0.25) is 15.9 Å². The summed E-state index contributed by atoms with van der Waals surface area (Å²) >= 11 is 0. The second kappa shape index (κ2) is 8.55. The number of fused-ring (bicyclic) bond motifs is 1. The fourth-order valence-corrected chi connectivity index (χ4v) is 5.54. The maximum atomic E-state index is 13.3. The lowest BCUT2D eigenvalue weighted by Crippen LogP contribution is -2.43. The van der Waals surface area contributed by atoms with Crippen LogP contribution in [-0.2, 0) is 19.6 Å². The average Bonchev–Trinajstić information content (AvgIpc) is 2.77. The van der Waals surface area contributed by atoms with Crippen LogP contribution in [0.5, 0.6) is 5.75 Å². The third-order valence-electron chi connectivity index (χ3n) is 6.14. The van der Waals surface area contributed by atoms with E-state index in [4.69, 9.17) is 4.74 Å². The summed E-state index contributed by atoms with van der Waals surface area (Å²) in [6.45, 7) is 6.00. The number of aryl methyl sites for hydroxylation is 1. The molecule has 0 bridgehead atoms. The van der Waals surface area contributed by atoms with Crippen molar-refractivity contribution < 1.29 is 22.7 Å². The summed E-state index contributed by atoms with van der Waals surface area (Å²) in [5, 5.41) is 5.64. The first-order chi connectivity index (χ1) is 15.2. The normalized spacial score (nSPS) is 21.3. The number of rotatable bonds is 4. The van der Waals surface area contributed by atoms with Gasteiger partial charge >= 0.3 is 0 Å². The maximum absolute atomic E-state index is 13.3. The van der Waals surface area contributed by atoms with Gasteiger partial charge in [-0.1, -0.05) is 12.1 Å².